The summed E-state index contributed by atoms with van der Waals surface area (Å²) < 4.78 is 20.0. The number of rotatable bonds is 10. The Hall–Kier alpha value is -4.12. The van der Waals surface area contributed by atoms with Gasteiger partial charge >= 0.3 is 12.2 Å². The molecular formula is C29H35N3O7S. The zero-order valence-electron chi connectivity index (χ0n) is 23.7. The fraction of sp³-hybridized carbons (Fsp3) is 0.379. The van der Waals surface area contributed by atoms with Crippen LogP contribution in [0.1, 0.15) is 38.8 Å². The van der Waals surface area contributed by atoms with Crippen molar-refractivity contribution in [2.24, 2.45) is 0 Å². The molecule has 0 atom stereocenters. The van der Waals surface area contributed by atoms with Crippen LogP contribution < -0.4 is 14.2 Å². The third-order valence-corrected chi connectivity index (χ3v) is 8.17. The van der Waals surface area contributed by atoms with Gasteiger partial charge in [0.25, 0.3) is 0 Å². The van der Waals surface area contributed by atoms with Gasteiger partial charge in [0.15, 0.2) is 11.5 Å². The number of nitrogens with zero attached hydrogens (tertiary/aromatic N) is 3. The number of benzene rings is 2. The summed E-state index contributed by atoms with van der Waals surface area (Å²) in [7, 11) is 4.62. The Kier molecular flexibility index (Phi) is 8.34. The van der Waals surface area contributed by atoms with Crippen LogP contribution in [0.5, 0.6) is 17.2 Å². The van der Waals surface area contributed by atoms with E-state index in [9.17, 15) is 19.8 Å². The lowest BCUT2D eigenvalue weighted by molar-refractivity contribution is 0.124. The van der Waals surface area contributed by atoms with Crippen molar-refractivity contribution >= 4 is 38.6 Å². The van der Waals surface area contributed by atoms with Gasteiger partial charge in [-0.2, -0.15) is 0 Å². The molecule has 0 fully saturated rings. The molecule has 0 radical (unpaired) electrons. The minimum Gasteiger partial charge on any atom is -0.493 e. The SMILES string of the molecule is COc1cc(-c2c(CN(C(=O)O)C(C)C)c(CN(C(=O)O)C(C)C)c3sc4ccccc4n23)cc(OC)c1OC. The summed E-state index contributed by atoms with van der Waals surface area (Å²) in [5.41, 5.74) is 3.86. The summed E-state index contributed by atoms with van der Waals surface area (Å²) in [4.78, 5) is 28.2. The molecule has 11 heteroatoms. The standard InChI is InChI=1S/C29H35N3O7S/c1-16(2)30(28(33)34)14-19-20(15-31(17(3)4)29(35)36)27-32(21-10-8-9-11-24(21)40-27)25(19)18-12-22(37-5)26(39-7)23(13-18)38-6/h8-13,16-17H,14-15H2,1-7H3,(H,33,34)(H,35,36). The second-order valence-corrected chi connectivity index (χ2v) is 11.0. The number of methoxy groups -OCH3 is 3. The highest BCUT2D eigenvalue weighted by molar-refractivity contribution is 7.24. The third-order valence-electron chi connectivity index (χ3n) is 6.98. The van der Waals surface area contributed by atoms with Gasteiger partial charge in [0, 0.05) is 28.8 Å². The number of carboxylic acid groups (broad SMARTS) is 2. The van der Waals surface area contributed by atoms with Gasteiger partial charge in [0.05, 0.1) is 50.3 Å². The quantitative estimate of drug-likeness (QED) is 0.221. The number of carbonyl (C=O) groups is 2. The summed E-state index contributed by atoms with van der Waals surface area (Å²) >= 11 is 1.55. The number of hydrogen-bond acceptors (Lipinski definition) is 6. The Morgan fingerprint density at radius 3 is 1.85 bits per heavy atom. The number of amides is 2. The lowest BCUT2D eigenvalue weighted by Crippen LogP contribution is -2.37. The van der Waals surface area contributed by atoms with Crippen LogP contribution in [0.3, 0.4) is 0 Å². The molecule has 2 N–H and O–H groups in total. The molecule has 214 valence electrons. The fourth-order valence-electron chi connectivity index (χ4n) is 4.95. The second kappa shape index (κ2) is 11.5. The molecule has 0 aliphatic heterocycles. The normalized spacial score (nSPS) is 11.4. The highest BCUT2D eigenvalue weighted by atomic mass is 32.1. The Balaban J connectivity index is 2.16. The van der Waals surface area contributed by atoms with Crippen molar-refractivity contribution in [2.45, 2.75) is 52.9 Å². The van der Waals surface area contributed by atoms with Crippen molar-refractivity contribution in [1.82, 2.24) is 14.2 Å². The molecule has 10 nitrogen and oxygen atoms in total. The molecule has 2 heterocycles. The molecule has 0 unspecified atom stereocenters. The van der Waals surface area contributed by atoms with Crippen molar-refractivity contribution in [3.8, 4) is 28.5 Å². The monoisotopic (exact) mass is 569 g/mol. The van der Waals surface area contributed by atoms with Crippen LogP contribution in [0.25, 0.3) is 26.3 Å². The first-order valence-electron chi connectivity index (χ1n) is 12.9. The minimum atomic E-state index is -1.06. The molecule has 0 spiro atoms. The van der Waals surface area contributed by atoms with Crippen LogP contribution in [0.15, 0.2) is 36.4 Å². The third kappa shape index (κ3) is 5.08. The lowest BCUT2D eigenvalue weighted by Gasteiger charge is -2.27. The Morgan fingerprint density at radius 1 is 0.850 bits per heavy atom. The smallest absolute Gasteiger partial charge is 0.407 e. The highest BCUT2D eigenvalue weighted by Gasteiger charge is 2.30. The van der Waals surface area contributed by atoms with Crippen molar-refractivity contribution in [3.63, 3.8) is 0 Å². The average molecular weight is 570 g/mol. The maximum atomic E-state index is 12.4. The van der Waals surface area contributed by atoms with Crippen molar-refractivity contribution in [2.75, 3.05) is 21.3 Å². The minimum absolute atomic E-state index is 0.0581. The molecule has 2 amide bonds. The van der Waals surface area contributed by atoms with Gasteiger partial charge in [-0.15, -0.1) is 11.3 Å². The van der Waals surface area contributed by atoms with Crippen LogP contribution in [0.2, 0.25) is 0 Å². The van der Waals surface area contributed by atoms with Gasteiger partial charge in [-0.1, -0.05) is 12.1 Å². The number of thiazole rings is 1. The molecule has 0 bridgehead atoms. The predicted molar refractivity (Wildman–Crippen MR) is 155 cm³/mol. The van der Waals surface area contributed by atoms with Gasteiger partial charge in [-0.25, -0.2) is 9.59 Å². The highest BCUT2D eigenvalue weighted by Crippen LogP contribution is 2.46. The summed E-state index contributed by atoms with van der Waals surface area (Å²) in [5, 5.41) is 20.2. The Bertz CT molecular complexity index is 1530. The van der Waals surface area contributed by atoms with E-state index < -0.39 is 12.2 Å². The van der Waals surface area contributed by atoms with E-state index in [1.807, 2.05) is 64.1 Å². The Labute approximate surface area is 236 Å². The maximum Gasteiger partial charge on any atom is 0.407 e. The van der Waals surface area contributed by atoms with Gasteiger partial charge in [-0.3, -0.25) is 4.40 Å². The number of aromatic nitrogens is 1. The molecule has 0 aliphatic carbocycles. The summed E-state index contributed by atoms with van der Waals surface area (Å²) in [6, 6.07) is 11.0. The molecule has 4 aromatic rings. The van der Waals surface area contributed by atoms with E-state index >= 15 is 0 Å². The number of ether oxygens (including phenoxy) is 3. The van der Waals surface area contributed by atoms with E-state index in [0.717, 1.165) is 31.9 Å². The van der Waals surface area contributed by atoms with Gasteiger partial charge < -0.3 is 34.2 Å². The van der Waals surface area contributed by atoms with Crippen molar-refractivity contribution < 1.29 is 34.0 Å². The van der Waals surface area contributed by atoms with Crippen LogP contribution in [-0.4, -0.2) is 70.0 Å². The van der Waals surface area contributed by atoms with E-state index in [1.165, 1.54) is 16.9 Å². The number of fused-ring (bicyclic) bond motifs is 3. The first kappa shape index (κ1) is 28.9. The molecular weight excluding hydrogens is 534 g/mol. The lowest BCUT2D eigenvalue weighted by atomic mass is 10.0. The number of hydrogen-bond donors (Lipinski definition) is 2. The molecule has 4 rings (SSSR count). The Morgan fingerprint density at radius 2 is 1.38 bits per heavy atom. The zero-order valence-corrected chi connectivity index (χ0v) is 24.5. The number of para-hydroxylation sites is 1. The van der Waals surface area contributed by atoms with Gasteiger partial charge in [0.2, 0.25) is 5.75 Å². The van der Waals surface area contributed by atoms with Gasteiger partial charge in [-0.05, 0) is 52.0 Å². The summed E-state index contributed by atoms with van der Waals surface area (Å²) in [6.45, 7) is 7.43. The molecule has 0 aliphatic rings. The van der Waals surface area contributed by atoms with Crippen LogP contribution in [0.4, 0.5) is 9.59 Å². The van der Waals surface area contributed by atoms with Crippen molar-refractivity contribution in [3.05, 3.63) is 47.5 Å². The second-order valence-electron chi connectivity index (χ2n) is 9.94. The van der Waals surface area contributed by atoms with E-state index in [2.05, 4.69) is 4.40 Å². The van der Waals surface area contributed by atoms with E-state index in [0.29, 0.717) is 22.8 Å². The molecule has 2 aromatic carbocycles. The van der Waals surface area contributed by atoms with Crippen LogP contribution in [-0.2, 0) is 13.1 Å². The molecule has 0 saturated carbocycles. The van der Waals surface area contributed by atoms with Crippen LogP contribution >= 0.6 is 11.3 Å². The van der Waals surface area contributed by atoms with E-state index in [-0.39, 0.29) is 25.2 Å². The van der Waals surface area contributed by atoms with Gasteiger partial charge in [0.1, 0.15) is 4.83 Å². The summed E-state index contributed by atoms with van der Waals surface area (Å²) in [6.07, 6.45) is -2.11. The molecule has 40 heavy (non-hydrogen) atoms. The van der Waals surface area contributed by atoms with E-state index in [1.54, 1.807) is 25.6 Å². The average Bonchev–Trinajstić information content (AvgIpc) is 3.42. The zero-order chi connectivity index (χ0) is 29.3. The van der Waals surface area contributed by atoms with Crippen molar-refractivity contribution in [1.29, 1.82) is 0 Å². The predicted octanol–water partition coefficient (Wildman–Crippen LogP) is 6.62. The maximum absolute atomic E-state index is 12.4. The molecule has 2 aromatic heterocycles. The first-order valence-corrected chi connectivity index (χ1v) is 13.7. The largest absolute Gasteiger partial charge is 0.493 e. The molecule has 0 saturated heterocycles. The topological polar surface area (TPSA) is 113 Å². The van der Waals surface area contributed by atoms with E-state index in [4.69, 9.17) is 14.2 Å². The van der Waals surface area contributed by atoms with Crippen LogP contribution in [0, 0.1) is 0 Å². The summed E-state index contributed by atoms with van der Waals surface area (Å²) in [5.74, 6) is 1.34. The first-order chi connectivity index (χ1) is 19.0. The fourth-order valence-corrected chi connectivity index (χ4v) is 6.16.